The van der Waals surface area contributed by atoms with Crippen LogP contribution in [0.25, 0.3) is 21.3 Å². The minimum absolute atomic E-state index is 0.170. The normalized spacial score (nSPS) is 15.9. The Morgan fingerprint density at radius 1 is 1.15 bits per heavy atom. The fourth-order valence-corrected chi connectivity index (χ4v) is 4.21. The number of ketones is 1. The van der Waals surface area contributed by atoms with Crippen molar-refractivity contribution in [3.05, 3.63) is 36.4 Å². The van der Waals surface area contributed by atoms with Crippen molar-refractivity contribution in [2.75, 3.05) is 32.5 Å². The number of piperidine rings is 1. The average molecular weight is 382 g/mol. The number of rotatable bonds is 5. The molecule has 6 nitrogen and oxygen atoms in total. The monoisotopic (exact) mass is 381 g/mol. The van der Waals surface area contributed by atoms with Crippen LogP contribution >= 0.6 is 11.3 Å². The van der Waals surface area contributed by atoms with E-state index in [1.54, 1.807) is 11.3 Å². The van der Waals surface area contributed by atoms with E-state index in [1.165, 1.54) is 0 Å². The van der Waals surface area contributed by atoms with Gasteiger partial charge in [-0.3, -0.25) is 14.8 Å². The van der Waals surface area contributed by atoms with E-state index in [2.05, 4.69) is 32.2 Å². The van der Waals surface area contributed by atoms with E-state index in [0.717, 1.165) is 58.1 Å². The van der Waals surface area contributed by atoms with Gasteiger partial charge in [0.2, 0.25) is 0 Å². The van der Waals surface area contributed by atoms with E-state index >= 15 is 0 Å². The van der Waals surface area contributed by atoms with Gasteiger partial charge in [0.25, 0.3) is 0 Å². The van der Waals surface area contributed by atoms with Gasteiger partial charge in [0, 0.05) is 49.1 Å². The van der Waals surface area contributed by atoms with E-state index in [4.69, 9.17) is 0 Å². The Hall–Kier alpha value is -2.38. The van der Waals surface area contributed by atoms with E-state index in [9.17, 15) is 4.79 Å². The van der Waals surface area contributed by atoms with Crippen LogP contribution in [0.5, 0.6) is 0 Å². The molecule has 0 atom stereocenters. The van der Waals surface area contributed by atoms with Crippen LogP contribution in [0.2, 0.25) is 0 Å². The lowest BCUT2D eigenvalue weighted by molar-refractivity contribution is -0.123. The Labute approximate surface area is 162 Å². The predicted molar refractivity (Wildman–Crippen MR) is 109 cm³/mol. The number of nitrogens with one attached hydrogen (secondary N) is 1. The fourth-order valence-electron chi connectivity index (χ4n) is 3.48. The van der Waals surface area contributed by atoms with Gasteiger partial charge in [0.15, 0.2) is 5.13 Å². The molecule has 3 aromatic rings. The lowest BCUT2D eigenvalue weighted by Gasteiger charge is -2.27. The standard InChI is InChI=1S/C20H23N5OS/c1-21-20-24-12-19(27-20)17-8-14-7-16(22-10-15(14)11-23-17)9-18(26)13-3-5-25(2)6-4-13/h7-8,10-13H,3-6,9H2,1-2H3,(H,21,24). The number of likely N-dealkylation sites (tertiary alicyclic amines) is 1. The molecule has 0 radical (unpaired) electrons. The Kier molecular flexibility index (Phi) is 5.13. The third-order valence-corrected chi connectivity index (χ3v) is 6.20. The first-order valence-electron chi connectivity index (χ1n) is 9.22. The molecule has 0 aliphatic carbocycles. The number of Topliss-reactive ketones (excluding diaryl/α,β-unsaturated/α-hetero) is 1. The number of aromatic nitrogens is 3. The van der Waals surface area contributed by atoms with E-state index < -0.39 is 0 Å². The van der Waals surface area contributed by atoms with Crippen molar-refractivity contribution in [2.24, 2.45) is 5.92 Å². The topological polar surface area (TPSA) is 71.0 Å². The van der Waals surface area contributed by atoms with Crippen LogP contribution in [0.1, 0.15) is 18.5 Å². The molecule has 4 rings (SSSR count). The summed E-state index contributed by atoms with van der Waals surface area (Å²) in [5.41, 5.74) is 1.73. The zero-order valence-electron chi connectivity index (χ0n) is 15.6. The van der Waals surface area contributed by atoms with Gasteiger partial charge in [-0.05, 0) is 50.5 Å². The van der Waals surface area contributed by atoms with Crippen LogP contribution < -0.4 is 5.32 Å². The van der Waals surface area contributed by atoms with E-state index in [0.29, 0.717) is 12.2 Å². The average Bonchev–Trinajstić information content (AvgIpc) is 3.17. The lowest BCUT2D eigenvalue weighted by atomic mass is 9.90. The molecular formula is C20H23N5OS. The van der Waals surface area contributed by atoms with Crippen molar-refractivity contribution in [1.82, 2.24) is 19.9 Å². The summed E-state index contributed by atoms with van der Waals surface area (Å²) in [5, 5.41) is 5.95. The number of nitrogens with zero attached hydrogens (tertiary/aromatic N) is 4. The molecule has 0 aromatic carbocycles. The van der Waals surface area contributed by atoms with E-state index in [1.807, 2.05) is 37.8 Å². The van der Waals surface area contributed by atoms with Gasteiger partial charge >= 0.3 is 0 Å². The van der Waals surface area contributed by atoms with Gasteiger partial charge < -0.3 is 10.2 Å². The van der Waals surface area contributed by atoms with Gasteiger partial charge in [0.05, 0.1) is 10.6 Å². The number of thiazole rings is 1. The summed E-state index contributed by atoms with van der Waals surface area (Å²) >= 11 is 1.57. The van der Waals surface area contributed by atoms with Crippen molar-refractivity contribution in [3.63, 3.8) is 0 Å². The second kappa shape index (κ2) is 7.70. The Morgan fingerprint density at radius 2 is 1.93 bits per heavy atom. The number of hydrogen-bond acceptors (Lipinski definition) is 7. The van der Waals surface area contributed by atoms with Gasteiger partial charge in [-0.2, -0.15) is 0 Å². The van der Waals surface area contributed by atoms with Crippen LogP contribution in [-0.2, 0) is 11.2 Å². The highest BCUT2D eigenvalue weighted by atomic mass is 32.1. The maximum Gasteiger partial charge on any atom is 0.182 e. The first-order valence-corrected chi connectivity index (χ1v) is 10.0. The molecule has 0 bridgehead atoms. The molecule has 1 fully saturated rings. The molecule has 3 aromatic heterocycles. The summed E-state index contributed by atoms with van der Waals surface area (Å²) in [4.78, 5) is 29.3. The van der Waals surface area contributed by atoms with Crippen LogP contribution in [0.15, 0.2) is 30.7 Å². The van der Waals surface area contributed by atoms with Gasteiger partial charge in [-0.15, -0.1) is 0 Å². The van der Waals surface area contributed by atoms with Crippen molar-refractivity contribution < 1.29 is 4.79 Å². The van der Waals surface area contributed by atoms with Crippen molar-refractivity contribution in [2.45, 2.75) is 19.3 Å². The lowest BCUT2D eigenvalue weighted by Crippen LogP contribution is -2.34. The number of anilines is 1. The van der Waals surface area contributed by atoms with Crippen LogP contribution in [-0.4, -0.2) is 52.8 Å². The highest BCUT2D eigenvalue weighted by molar-refractivity contribution is 7.18. The van der Waals surface area contributed by atoms with Crippen LogP contribution in [0, 0.1) is 5.92 Å². The number of hydrogen-bond donors (Lipinski definition) is 1. The first-order chi connectivity index (χ1) is 13.1. The minimum atomic E-state index is 0.170. The molecule has 0 saturated carbocycles. The molecule has 27 heavy (non-hydrogen) atoms. The Balaban J connectivity index is 1.54. The zero-order chi connectivity index (χ0) is 18.8. The molecule has 1 N–H and O–H groups in total. The van der Waals surface area contributed by atoms with Gasteiger partial charge in [-0.1, -0.05) is 11.3 Å². The molecule has 4 heterocycles. The van der Waals surface area contributed by atoms with Crippen LogP contribution in [0.4, 0.5) is 5.13 Å². The Morgan fingerprint density at radius 3 is 2.67 bits per heavy atom. The maximum absolute atomic E-state index is 12.7. The Bertz CT molecular complexity index is 962. The highest BCUT2D eigenvalue weighted by Gasteiger charge is 2.23. The molecule has 0 amide bonds. The van der Waals surface area contributed by atoms with Gasteiger partial charge in [-0.25, -0.2) is 4.98 Å². The fraction of sp³-hybridized carbons (Fsp3) is 0.400. The highest BCUT2D eigenvalue weighted by Crippen LogP contribution is 2.29. The molecule has 1 saturated heterocycles. The van der Waals surface area contributed by atoms with Gasteiger partial charge in [0.1, 0.15) is 5.78 Å². The van der Waals surface area contributed by atoms with E-state index in [-0.39, 0.29) is 5.92 Å². The minimum Gasteiger partial charge on any atom is -0.365 e. The van der Waals surface area contributed by atoms with Crippen LogP contribution in [0.3, 0.4) is 0 Å². The van der Waals surface area contributed by atoms with Crippen molar-refractivity contribution in [3.8, 4) is 10.6 Å². The number of carbonyl (C=O) groups excluding carboxylic acids is 1. The first kappa shape index (κ1) is 18.0. The second-order valence-corrected chi connectivity index (χ2v) is 8.12. The third kappa shape index (κ3) is 3.99. The molecule has 0 unspecified atom stereocenters. The SMILES string of the molecule is CNc1ncc(-c2cc3cc(CC(=O)C4CCN(C)CC4)ncc3cn2)s1. The summed E-state index contributed by atoms with van der Waals surface area (Å²) in [6, 6.07) is 4.07. The summed E-state index contributed by atoms with van der Waals surface area (Å²) in [6.07, 6.45) is 7.79. The predicted octanol–water partition coefficient (Wildman–Crippen LogP) is 3.25. The molecule has 1 aliphatic rings. The number of carbonyl (C=O) groups is 1. The summed E-state index contributed by atoms with van der Waals surface area (Å²) in [7, 11) is 3.97. The summed E-state index contributed by atoms with van der Waals surface area (Å²) < 4.78 is 0. The number of fused-ring (bicyclic) bond motifs is 1. The molecule has 140 valence electrons. The quantitative estimate of drug-likeness (QED) is 0.732. The molecule has 1 aliphatic heterocycles. The number of pyridine rings is 2. The maximum atomic E-state index is 12.7. The zero-order valence-corrected chi connectivity index (χ0v) is 16.4. The third-order valence-electron chi connectivity index (χ3n) is 5.16. The molecular weight excluding hydrogens is 358 g/mol. The van der Waals surface area contributed by atoms with Crippen molar-refractivity contribution in [1.29, 1.82) is 0 Å². The smallest absolute Gasteiger partial charge is 0.182 e. The van der Waals surface area contributed by atoms with Crippen molar-refractivity contribution >= 4 is 33.0 Å². The summed E-state index contributed by atoms with van der Waals surface area (Å²) in [6.45, 7) is 2.00. The molecule has 0 spiro atoms. The second-order valence-electron chi connectivity index (χ2n) is 7.09. The summed E-state index contributed by atoms with van der Waals surface area (Å²) in [5.74, 6) is 0.481. The molecule has 7 heteroatoms. The largest absolute Gasteiger partial charge is 0.365 e.